The molecule has 2 aromatic rings. The van der Waals surface area contributed by atoms with Gasteiger partial charge in [-0.3, -0.25) is 14.4 Å². The molecule has 0 bridgehead atoms. The Morgan fingerprint density at radius 2 is 1.53 bits per heavy atom. The Kier molecular flexibility index (Phi) is 21.2. The SMILES string of the molecule is C=CCC1(C(=O)CCc2ccccc2C)CCC(C(=O)CC)CC1.CC.CC.CC.CC(=O)Cc1ccc2c(c1)CCC2.[HH].[HH]. The van der Waals surface area contributed by atoms with Crippen LogP contribution in [0.2, 0.25) is 0 Å². The Hall–Kier alpha value is -2.81. The van der Waals surface area contributed by atoms with Gasteiger partial charge < -0.3 is 0 Å². The van der Waals surface area contributed by atoms with Crippen LogP contribution in [0.5, 0.6) is 0 Å². The van der Waals surface area contributed by atoms with Crippen LogP contribution in [0.25, 0.3) is 0 Å². The van der Waals surface area contributed by atoms with Crippen molar-refractivity contribution in [2.45, 2.75) is 139 Å². The summed E-state index contributed by atoms with van der Waals surface area (Å²) < 4.78 is 0. The van der Waals surface area contributed by atoms with Crippen LogP contribution in [0.3, 0.4) is 0 Å². The highest BCUT2D eigenvalue weighted by Crippen LogP contribution is 2.44. The summed E-state index contributed by atoms with van der Waals surface area (Å²) >= 11 is 0. The van der Waals surface area contributed by atoms with Crippen molar-refractivity contribution in [3.8, 4) is 0 Å². The van der Waals surface area contributed by atoms with E-state index in [-0.39, 0.29) is 20.0 Å². The molecule has 0 unspecified atom stereocenters. The highest BCUT2D eigenvalue weighted by molar-refractivity contribution is 5.86. The van der Waals surface area contributed by atoms with Crippen LogP contribution in [0.1, 0.15) is 137 Å². The van der Waals surface area contributed by atoms with Gasteiger partial charge in [-0.2, -0.15) is 0 Å². The summed E-state index contributed by atoms with van der Waals surface area (Å²) in [5, 5.41) is 0. The summed E-state index contributed by atoms with van der Waals surface area (Å²) in [5.74, 6) is 1.12. The maximum Gasteiger partial charge on any atom is 0.139 e. The first-order valence-electron chi connectivity index (χ1n) is 17.1. The number of hydrogen-bond donors (Lipinski definition) is 0. The third-order valence-electron chi connectivity index (χ3n) is 8.37. The first-order chi connectivity index (χ1) is 20.8. The molecule has 1 fully saturated rings. The lowest BCUT2D eigenvalue weighted by atomic mass is 9.64. The normalized spacial score (nSPS) is 17.9. The van der Waals surface area contributed by atoms with Crippen LogP contribution in [0, 0.1) is 18.3 Å². The molecule has 0 aliphatic heterocycles. The van der Waals surface area contributed by atoms with Crippen LogP contribution >= 0.6 is 0 Å². The first-order valence-corrected chi connectivity index (χ1v) is 17.1. The molecule has 3 nitrogen and oxygen atoms in total. The molecule has 0 spiro atoms. The lowest BCUT2D eigenvalue weighted by molar-refractivity contribution is -0.134. The molecular formula is C40H66O3. The number of aryl methyl sites for hydroxylation is 4. The van der Waals surface area contributed by atoms with Crippen LogP contribution in [-0.2, 0) is 40.1 Å². The molecule has 2 aromatic carbocycles. The molecule has 4 rings (SSSR count). The van der Waals surface area contributed by atoms with Crippen molar-refractivity contribution in [2.24, 2.45) is 11.3 Å². The zero-order chi connectivity index (χ0) is 32.8. The zero-order valence-electron chi connectivity index (χ0n) is 29.1. The highest BCUT2D eigenvalue weighted by Gasteiger charge is 2.41. The highest BCUT2D eigenvalue weighted by atomic mass is 16.1. The molecule has 43 heavy (non-hydrogen) atoms. The predicted octanol–water partition coefficient (Wildman–Crippen LogP) is 11.1. The quantitative estimate of drug-likeness (QED) is 0.257. The van der Waals surface area contributed by atoms with Crippen molar-refractivity contribution in [1.82, 2.24) is 0 Å². The summed E-state index contributed by atoms with van der Waals surface area (Å²) in [6, 6.07) is 14.7. The average molecular weight is 595 g/mol. The van der Waals surface area contributed by atoms with E-state index in [0.717, 1.165) is 38.5 Å². The number of fused-ring (bicyclic) bond motifs is 1. The fourth-order valence-corrected chi connectivity index (χ4v) is 6.08. The van der Waals surface area contributed by atoms with Gasteiger partial charge in [0.25, 0.3) is 0 Å². The monoisotopic (exact) mass is 595 g/mol. The smallest absolute Gasteiger partial charge is 0.139 e. The molecule has 0 saturated heterocycles. The van der Waals surface area contributed by atoms with E-state index >= 15 is 0 Å². The lowest BCUT2D eigenvalue weighted by Gasteiger charge is -2.38. The third-order valence-corrected chi connectivity index (χ3v) is 8.37. The van der Waals surface area contributed by atoms with Crippen molar-refractivity contribution in [1.29, 1.82) is 0 Å². The van der Waals surface area contributed by atoms with Crippen LogP contribution in [0.15, 0.2) is 55.1 Å². The van der Waals surface area contributed by atoms with E-state index < -0.39 is 0 Å². The van der Waals surface area contributed by atoms with Gasteiger partial charge in [-0.15, -0.1) is 6.58 Å². The van der Waals surface area contributed by atoms with Crippen molar-refractivity contribution in [3.63, 3.8) is 0 Å². The molecule has 0 heterocycles. The third kappa shape index (κ3) is 13.2. The Balaban J connectivity index is -0.000000713. The molecule has 244 valence electrons. The summed E-state index contributed by atoms with van der Waals surface area (Å²) in [7, 11) is 0. The summed E-state index contributed by atoms with van der Waals surface area (Å²) in [6.45, 7) is 21.5. The van der Waals surface area contributed by atoms with Crippen LogP contribution in [-0.4, -0.2) is 17.3 Å². The molecular weight excluding hydrogens is 528 g/mol. The lowest BCUT2D eigenvalue weighted by Crippen LogP contribution is -2.37. The maximum atomic E-state index is 13.0. The molecule has 3 heteroatoms. The Labute approximate surface area is 267 Å². The van der Waals surface area contributed by atoms with Crippen LogP contribution in [0.4, 0.5) is 0 Å². The van der Waals surface area contributed by atoms with Crippen molar-refractivity contribution >= 4 is 17.3 Å². The van der Waals surface area contributed by atoms with E-state index in [0.29, 0.717) is 30.8 Å². The largest absolute Gasteiger partial charge is 0.300 e. The van der Waals surface area contributed by atoms with Gasteiger partial charge in [-0.25, -0.2) is 0 Å². The molecule has 0 aromatic heterocycles. The second-order valence-electron chi connectivity index (χ2n) is 11.1. The van der Waals surface area contributed by atoms with E-state index in [1.807, 2.05) is 66.7 Å². The van der Waals surface area contributed by atoms with E-state index in [1.165, 1.54) is 47.1 Å². The Morgan fingerprint density at radius 3 is 2.09 bits per heavy atom. The average Bonchev–Trinajstić information content (AvgIpc) is 3.51. The van der Waals surface area contributed by atoms with Crippen molar-refractivity contribution in [3.05, 3.63) is 82.9 Å². The van der Waals surface area contributed by atoms with Crippen molar-refractivity contribution in [2.75, 3.05) is 0 Å². The number of hydrogen-bond acceptors (Lipinski definition) is 3. The van der Waals surface area contributed by atoms with E-state index in [9.17, 15) is 14.4 Å². The Morgan fingerprint density at radius 1 is 0.930 bits per heavy atom. The van der Waals surface area contributed by atoms with E-state index in [2.05, 4.69) is 43.8 Å². The second kappa shape index (κ2) is 22.7. The summed E-state index contributed by atoms with van der Waals surface area (Å²) in [4.78, 5) is 35.9. The number of carbonyl (C=O) groups is 3. The van der Waals surface area contributed by atoms with Crippen molar-refractivity contribution < 1.29 is 17.2 Å². The number of carbonyl (C=O) groups excluding carboxylic acids is 3. The molecule has 0 atom stereocenters. The van der Waals surface area contributed by atoms with E-state index in [4.69, 9.17) is 0 Å². The van der Waals surface area contributed by atoms with Gasteiger partial charge >= 0.3 is 0 Å². The molecule has 2 aliphatic carbocycles. The minimum absolute atomic E-state index is 0. The molecule has 0 radical (unpaired) electrons. The number of allylic oxidation sites excluding steroid dienone is 1. The van der Waals surface area contributed by atoms with Gasteiger partial charge in [0.05, 0.1) is 0 Å². The molecule has 2 aliphatic rings. The van der Waals surface area contributed by atoms with Gasteiger partial charge in [0.1, 0.15) is 17.3 Å². The number of rotatable bonds is 10. The summed E-state index contributed by atoms with van der Waals surface area (Å²) in [6.07, 6.45) is 12.3. The van der Waals surface area contributed by atoms with Gasteiger partial charge in [-0.05, 0) is 99.5 Å². The number of ketones is 3. The van der Waals surface area contributed by atoms with Gasteiger partial charge in [0, 0.05) is 33.4 Å². The predicted molar refractivity (Wildman–Crippen MR) is 190 cm³/mol. The maximum absolute atomic E-state index is 13.0. The van der Waals surface area contributed by atoms with Gasteiger partial charge in [0.2, 0.25) is 0 Å². The topological polar surface area (TPSA) is 51.2 Å². The number of Topliss-reactive ketones (excluding diaryl/α,β-unsaturated/α-hetero) is 3. The van der Waals surface area contributed by atoms with E-state index in [1.54, 1.807) is 6.92 Å². The minimum Gasteiger partial charge on any atom is -0.300 e. The fourth-order valence-electron chi connectivity index (χ4n) is 6.08. The fraction of sp³-hybridized carbons (Fsp3) is 0.575. The van der Waals surface area contributed by atoms with Crippen LogP contribution < -0.4 is 0 Å². The first kappa shape index (κ1) is 40.2. The standard InChI is InChI=1S/C22H30O2.C12H14O.3C2H6.2H2/c1-4-14-22(15-12-19(13-16-22)20(23)5-2)21(24)11-10-18-9-7-6-8-17(18)3;1-9(13)7-10-5-6-11-3-2-4-12(11)8-10;3*1-2;;/h4,6-9,19H,1,5,10-16H2,2-3H3;5-6,8H,2-4,7H2,1H3;3*1-2H3;2*1H. The molecule has 0 amide bonds. The minimum atomic E-state index is -0.283. The van der Waals surface area contributed by atoms with Gasteiger partial charge in [-0.1, -0.05) is 97.0 Å². The summed E-state index contributed by atoms with van der Waals surface area (Å²) in [5.41, 5.74) is 6.34. The molecule has 1 saturated carbocycles. The van der Waals surface area contributed by atoms with Gasteiger partial charge in [0.15, 0.2) is 0 Å². The number of benzene rings is 2. The Bertz CT molecular complexity index is 1110. The second-order valence-corrected chi connectivity index (χ2v) is 11.1. The zero-order valence-corrected chi connectivity index (χ0v) is 29.1. The molecule has 0 N–H and O–H groups in total.